The first-order valence-corrected chi connectivity index (χ1v) is 10.4. The molecule has 0 N–H and O–H groups in total. The van der Waals surface area contributed by atoms with Gasteiger partial charge in [0.25, 0.3) is 5.91 Å². The second-order valence-electron chi connectivity index (χ2n) is 6.05. The number of rotatable bonds is 5. The number of carbonyl (C=O) groups excluding carboxylic acids is 1. The fourth-order valence-electron chi connectivity index (χ4n) is 2.83. The molecular formula is C20H22N2O2S2. The third-order valence-electron chi connectivity index (χ3n) is 4.28. The second kappa shape index (κ2) is 8.20. The van der Waals surface area contributed by atoms with Crippen LogP contribution in [0.3, 0.4) is 0 Å². The highest BCUT2D eigenvalue weighted by molar-refractivity contribution is 7.98. The van der Waals surface area contributed by atoms with Crippen LogP contribution >= 0.6 is 23.1 Å². The first-order chi connectivity index (χ1) is 12.5. The summed E-state index contributed by atoms with van der Waals surface area (Å²) in [7, 11) is 1.68. The van der Waals surface area contributed by atoms with Crippen molar-refractivity contribution in [1.82, 2.24) is 4.57 Å². The van der Waals surface area contributed by atoms with Gasteiger partial charge >= 0.3 is 0 Å². The van der Waals surface area contributed by atoms with Gasteiger partial charge in [0, 0.05) is 24.1 Å². The summed E-state index contributed by atoms with van der Waals surface area (Å²) in [6, 6.07) is 11.8. The minimum absolute atomic E-state index is 0.217. The number of aromatic nitrogens is 1. The number of thioether (sulfide) groups is 1. The number of hydrogen-bond donors (Lipinski definition) is 0. The normalized spacial score (nSPS) is 12.1. The molecule has 0 atom stereocenters. The van der Waals surface area contributed by atoms with E-state index >= 15 is 0 Å². The van der Waals surface area contributed by atoms with Crippen molar-refractivity contribution < 1.29 is 9.53 Å². The van der Waals surface area contributed by atoms with Crippen LogP contribution in [0.15, 0.2) is 46.3 Å². The smallest absolute Gasteiger partial charge is 0.279 e. The molecule has 6 heteroatoms. The molecule has 0 aliphatic carbocycles. The summed E-state index contributed by atoms with van der Waals surface area (Å²) >= 11 is 3.21. The Hall–Kier alpha value is -1.89. The molecule has 0 fully saturated rings. The molecule has 4 nitrogen and oxygen atoms in total. The number of thiazole rings is 1. The lowest BCUT2D eigenvalue weighted by Crippen LogP contribution is -2.19. The predicted molar refractivity (Wildman–Crippen MR) is 109 cm³/mol. The zero-order valence-electron chi connectivity index (χ0n) is 15.4. The summed E-state index contributed by atoms with van der Waals surface area (Å²) < 4.78 is 8.53. The van der Waals surface area contributed by atoms with Crippen molar-refractivity contribution in [3.8, 4) is 0 Å². The average Bonchev–Trinajstić information content (AvgIpc) is 3.02. The van der Waals surface area contributed by atoms with Crippen LogP contribution in [-0.2, 0) is 11.3 Å². The van der Waals surface area contributed by atoms with Gasteiger partial charge in [0.05, 0.1) is 16.8 Å². The highest BCUT2D eigenvalue weighted by atomic mass is 32.2. The van der Waals surface area contributed by atoms with Crippen LogP contribution in [0.2, 0.25) is 0 Å². The maximum atomic E-state index is 12.7. The van der Waals surface area contributed by atoms with Crippen molar-refractivity contribution in [3.63, 3.8) is 0 Å². The van der Waals surface area contributed by atoms with Gasteiger partial charge in [-0.05, 0) is 55.5 Å². The Labute approximate surface area is 161 Å². The van der Waals surface area contributed by atoms with Gasteiger partial charge in [-0.2, -0.15) is 4.99 Å². The van der Waals surface area contributed by atoms with E-state index in [9.17, 15) is 4.79 Å². The first kappa shape index (κ1) is 18.9. The monoisotopic (exact) mass is 386 g/mol. The molecule has 26 heavy (non-hydrogen) atoms. The Morgan fingerprint density at radius 2 is 1.85 bits per heavy atom. The van der Waals surface area contributed by atoms with Crippen molar-refractivity contribution in [2.75, 3.05) is 20.0 Å². The van der Waals surface area contributed by atoms with E-state index < -0.39 is 0 Å². The molecule has 0 aliphatic heterocycles. The number of methoxy groups -OCH3 is 1. The Morgan fingerprint density at radius 1 is 1.15 bits per heavy atom. The summed E-state index contributed by atoms with van der Waals surface area (Å²) in [4.78, 5) is 19.0. The maximum Gasteiger partial charge on any atom is 0.279 e. The van der Waals surface area contributed by atoms with Gasteiger partial charge in [0.1, 0.15) is 0 Å². The molecule has 136 valence electrons. The molecule has 1 amide bonds. The van der Waals surface area contributed by atoms with Gasteiger partial charge in [-0.3, -0.25) is 4.79 Å². The number of hydrogen-bond acceptors (Lipinski definition) is 4. The van der Waals surface area contributed by atoms with Crippen molar-refractivity contribution in [1.29, 1.82) is 0 Å². The lowest BCUT2D eigenvalue weighted by atomic mass is 10.1. The van der Waals surface area contributed by atoms with Gasteiger partial charge in [-0.25, -0.2) is 0 Å². The number of aryl methyl sites for hydroxylation is 2. The van der Waals surface area contributed by atoms with Gasteiger partial charge in [0.2, 0.25) is 0 Å². The van der Waals surface area contributed by atoms with Crippen LogP contribution in [-0.4, -0.2) is 30.4 Å². The van der Waals surface area contributed by atoms with E-state index in [-0.39, 0.29) is 5.91 Å². The summed E-state index contributed by atoms with van der Waals surface area (Å²) in [6.45, 7) is 5.41. The third-order valence-corrected chi connectivity index (χ3v) is 6.23. The molecule has 0 radical (unpaired) electrons. The molecule has 0 spiro atoms. The average molecular weight is 387 g/mol. The van der Waals surface area contributed by atoms with Gasteiger partial charge in [0.15, 0.2) is 4.80 Å². The second-order valence-corrected chi connectivity index (χ2v) is 7.91. The van der Waals surface area contributed by atoms with E-state index in [1.165, 1.54) is 15.8 Å². The number of benzene rings is 2. The van der Waals surface area contributed by atoms with Gasteiger partial charge in [-0.1, -0.05) is 23.5 Å². The van der Waals surface area contributed by atoms with Crippen LogP contribution < -0.4 is 4.80 Å². The van der Waals surface area contributed by atoms with Crippen LogP contribution in [0, 0.1) is 13.8 Å². The Morgan fingerprint density at radius 3 is 2.50 bits per heavy atom. The van der Waals surface area contributed by atoms with Crippen molar-refractivity contribution in [2.24, 2.45) is 4.99 Å². The fraction of sp³-hybridized carbons (Fsp3) is 0.300. The maximum absolute atomic E-state index is 12.7. The highest BCUT2D eigenvalue weighted by Gasteiger charge is 2.12. The number of carbonyl (C=O) groups is 1. The molecule has 3 aromatic rings. The van der Waals surface area contributed by atoms with E-state index in [4.69, 9.17) is 4.74 Å². The van der Waals surface area contributed by atoms with Gasteiger partial charge < -0.3 is 9.30 Å². The molecule has 0 saturated carbocycles. The van der Waals surface area contributed by atoms with Gasteiger partial charge in [-0.15, -0.1) is 11.8 Å². The molecule has 0 saturated heterocycles. The quantitative estimate of drug-likeness (QED) is 0.609. The number of nitrogens with zero attached hydrogens (tertiary/aromatic N) is 2. The van der Waals surface area contributed by atoms with Crippen LogP contribution in [0.4, 0.5) is 0 Å². The highest BCUT2D eigenvalue weighted by Crippen LogP contribution is 2.25. The number of amides is 1. The topological polar surface area (TPSA) is 43.6 Å². The summed E-state index contributed by atoms with van der Waals surface area (Å²) in [5, 5.41) is 0. The van der Waals surface area contributed by atoms with E-state index in [1.54, 1.807) is 30.2 Å². The zero-order valence-corrected chi connectivity index (χ0v) is 17.0. The zero-order chi connectivity index (χ0) is 18.7. The molecule has 1 aromatic heterocycles. The van der Waals surface area contributed by atoms with E-state index in [0.29, 0.717) is 23.5 Å². The molecule has 1 heterocycles. The number of fused-ring (bicyclic) bond motifs is 1. The molecule has 0 aliphatic rings. The van der Waals surface area contributed by atoms with E-state index in [0.717, 1.165) is 10.4 Å². The van der Waals surface area contributed by atoms with E-state index in [1.807, 2.05) is 30.5 Å². The summed E-state index contributed by atoms with van der Waals surface area (Å²) in [5.41, 5.74) is 4.11. The number of ether oxygens (including phenoxy) is 1. The van der Waals surface area contributed by atoms with Crippen molar-refractivity contribution in [2.45, 2.75) is 25.3 Å². The van der Waals surface area contributed by atoms with Crippen LogP contribution in [0.5, 0.6) is 0 Å². The van der Waals surface area contributed by atoms with Crippen LogP contribution in [0.25, 0.3) is 10.2 Å². The summed E-state index contributed by atoms with van der Waals surface area (Å²) in [6.07, 6.45) is 2.02. The first-order valence-electron chi connectivity index (χ1n) is 8.36. The van der Waals surface area contributed by atoms with Crippen molar-refractivity contribution in [3.05, 3.63) is 57.9 Å². The van der Waals surface area contributed by atoms with Crippen molar-refractivity contribution >= 4 is 39.2 Å². The Balaban J connectivity index is 2.12. The lowest BCUT2D eigenvalue weighted by molar-refractivity contribution is 0.0997. The largest absolute Gasteiger partial charge is 0.383 e. The molecule has 3 rings (SSSR count). The lowest BCUT2D eigenvalue weighted by Gasteiger charge is -2.07. The molecular weight excluding hydrogens is 364 g/mol. The molecule has 0 unspecified atom stereocenters. The minimum Gasteiger partial charge on any atom is -0.383 e. The SMILES string of the molecule is COCCn1c(=NC(=O)c2ccc(SC)cc2)sc2c(C)ccc(C)c21. The molecule has 0 bridgehead atoms. The Kier molecular flexibility index (Phi) is 5.96. The minimum atomic E-state index is -0.217. The predicted octanol–water partition coefficient (Wildman–Crippen LogP) is 4.43. The standard InChI is InChI=1S/C20H22N2O2S2/c1-13-5-6-14(2)18-17(13)22(11-12-24-3)20(26-18)21-19(23)15-7-9-16(25-4)10-8-15/h5-10H,11-12H2,1-4H3. The third kappa shape index (κ3) is 3.77. The molecule has 2 aromatic carbocycles. The van der Waals surface area contributed by atoms with Crippen LogP contribution in [0.1, 0.15) is 21.5 Å². The summed E-state index contributed by atoms with van der Waals surface area (Å²) in [5.74, 6) is -0.217. The fourth-order valence-corrected chi connectivity index (χ4v) is 4.44. The van der Waals surface area contributed by atoms with E-state index in [2.05, 4.69) is 35.5 Å². The Bertz CT molecular complexity index is 1000.